The molecule has 192 valence electrons. The van der Waals surface area contributed by atoms with Crippen LogP contribution in [0.4, 0.5) is 16.4 Å². The van der Waals surface area contributed by atoms with Gasteiger partial charge in [-0.15, -0.1) is 0 Å². The molecule has 0 bridgehead atoms. The van der Waals surface area contributed by atoms with E-state index >= 15 is 0 Å². The zero-order valence-electron chi connectivity index (χ0n) is 20.8. The molecule has 0 spiro atoms. The predicted octanol–water partition coefficient (Wildman–Crippen LogP) is 5.22. The molecular weight excluding hydrogens is 498 g/mol. The van der Waals surface area contributed by atoms with E-state index in [2.05, 4.69) is 35.6 Å². The minimum absolute atomic E-state index is 0.205. The lowest BCUT2D eigenvalue weighted by Crippen LogP contribution is -2.34. The Kier molecular flexibility index (Phi) is 7.83. The van der Waals surface area contributed by atoms with Crippen LogP contribution in [0.1, 0.15) is 26.5 Å². The van der Waals surface area contributed by atoms with Crippen LogP contribution in [0.15, 0.2) is 49.2 Å². The van der Waals surface area contributed by atoms with Crippen LogP contribution in [0.5, 0.6) is 17.4 Å². The Morgan fingerprint density at radius 3 is 2.57 bits per heavy atom. The fourth-order valence-corrected chi connectivity index (χ4v) is 3.28. The first kappa shape index (κ1) is 25.8. The second-order valence-corrected chi connectivity index (χ2v) is 9.31. The predicted molar refractivity (Wildman–Crippen MR) is 139 cm³/mol. The number of ether oxygens (including phenoxy) is 3. The SMILES string of the molecule is Cc1cnc(Nc2ncnc3ccc(Oc4ncc(OCCNC(=O)OC(C)(C)C)cc4Cl)cc23)cn1. The van der Waals surface area contributed by atoms with Gasteiger partial charge < -0.3 is 24.8 Å². The second kappa shape index (κ2) is 11.2. The highest BCUT2D eigenvalue weighted by molar-refractivity contribution is 6.32. The van der Waals surface area contributed by atoms with Crippen LogP contribution in [0.2, 0.25) is 5.02 Å². The lowest BCUT2D eigenvalue weighted by molar-refractivity contribution is 0.0520. The lowest BCUT2D eigenvalue weighted by atomic mass is 10.2. The van der Waals surface area contributed by atoms with Gasteiger partial charge in [0.1, 0.15) is 46.7 Å². The molecule has 0 saturated heterocycles. The molecule has 0 radical (unpaired) electrons. The van der Waals surface area contributed by atoms with Gasteiger partial charge in [0.05, 0.1) is 36.3 Å². The summed E-state index contributed by atoms with van der Waals surface area (Å²) in [6.45, 7) is 7.72. The van der Waals surface area contributed by atoms with E-state index in [4.69, 9.17) is 25.8 Å². The topological polar surface area (TPSA) is 133 Å². The van der Waals surface area contributed by atoms with Gasteiger partial charge in [-0.3, -0.25) is 4.98 Å². The van der Waals surface area contributed by atoms with Crippen molar-refractivity contribution in [2.24, 2.45) is 0 Å². The summed E-state index contributed by atoms with van der Waals surface area (Å²) in [4.78, 5) is 33.1. The number of halogens is 1. The van der Waals surface area contributed by atoms with Crippen molar-refractivity contribution in [3.63, 3.8) is 0 Å². The second-order valence-electron chi connectivity index (χ2n) is 8.91. The molecule has 0 fully saturated rings. The summed E-state index contributed by atoms with van der Waals surface area (Å²) < 4.78 is 16.7. The summed E-state index contributed by atoms with van der Waals surface area (Å²) in [6, 6.07) is 6.94. The molecule has 3 heterocycles. The Bertz CT molecular complexity index is 1390. The van der Waals surface area contributed by atoms with Gasteiger partial charge in [0.25, 0.3) is 0 Å². The smallest absolute Gasteiger partial charge is 0.407 e. The summed E-state index contributed by atoms with van der Waals surface area (Å²) in [6.07, 6.45) is 5.74. The Balaban J connectivity index is 1.40. The summed E-state index contributed by atoms with van der Waals surface area (Å²) in [7, 11) is 0. The number of nitrogens with one attached hydrogen (secondary N) is 2. The van der Waals surface area contributed by atoms with Crippen LogP contribution in [0, 0.1) is 6.92 Å². The van der Waals surface area contributed by atoms with Gasteiger partial charge in [-0.25, -0.2) is 24.7 Å². The van der Waals surface area contributed by atoms with Gasteiger partial charge in [0, 0.05) is 11.5 Å². The summed E-state index contributed by atoms with van der Waals surface area (Å²) >= 11 is 6.38. The van der Waals surface area contributed by atoms with Crippen molar-refractivity contribution in [2.75, 3.05) is 18.5 Å². The number of benzene rings is 1. The summed E-state index contributed by atoms with van der Waals surface area (Å²) in [5.74, 6) is 2.23. The third-order valence-corrected chi connectivity index (χ3v) is 4.94. The number of alkyl carbamates (subject to hydrolysis) is 1. The minimum atomic E-state index is -0.565. The molecule has 11 nitrogen and oxygen atoms in total. The number of nitrogens with zero attached hydrogens (tertiary/aromatic N) is 5. The number of pyridine rings is 1. The molecular formula is C25H26ClN7O4. The molecule has 2 N–H and O–H groups in total. The molecule has 0 aliphatic heterocycles. The zero-order valence-corrected chi connectivity index (χ0v) is 21.5. The van der Waals surface area contributed by atoms with Crippen LogP contribution in [0.25, 0.3) is 10.9 Å². The number of anilines is 2. The van der Waals surface area contributed by atoms with Crippen molar-refractivity contribution < 1.29 is 19.0 Å². The highest BCUT2D eigenvalue weighted by Crippen LogP contribution is 2.32. The molecule has 37 heavy (non-hydrogen) atoms. The molecule has 0 saturated carbocycles. The Hall–Kier alpha value is -4.25. The van der Waals surface area contributed by atoms with E-state index in [1.54, 1.807) is 57.4 Å². The number of amides is 1. The number of aromatic nitrogens is 5. The number of aryl methyl sites for hydroxylation is 1. The van der Waals surface area contributed by atoms with E-state index < -0.39 is 11.7 Å². The van der Waals surface area contributed by atoms with Crippen molar-refractivity contribution in [3.8, 4) is 17.4 Å². The fraction of sp³-hybridized carbons (Fsp3) is 0.280. The van der Waals surface area contributed by atoms with Crippen molar-refractivity contribution >= 4 is 40.2 Å². The van der Waals surface area contributed by atoms with Gasteiger partial charge in [-0.2, -0.15) is 0 Å². The molecule has 1 amide bonds. The molecule has 12 heteroatoms. The van der Waals surface area contributed by atoms with Crippen LogP contribution in [-0.2, 0) is 4.74 Å². The van der Waals surface area contributed by atoms with E-state index in [1.165, 1.54) is 12.5 Å². The average molecular weight is 524 g/mol. The largest absolute Gasteiger partial charge is 0.490 e. The highest BCUT2D eigenvalue weighted by atomic mass is 35.5. The van der Waals surface area contributed by atoms with Crippen LogP contribution in [-0.4, -0.2) is 49.8 Å². The van der Waals surface area contributed by atoms with E-state index in [9.17, 15) is 4.79 Å². The Morgan fingerprint density at radius 1 is 1.00 bits per heavy atom. The highest BCUT2D eigenvalue weighted by Gasteiger charge is 2.16. The molecule has 0 unspecified atom stereocenters. The number of hydrogen-bond donors (Lipinski definition) is 2. The van der Waals surface area contributed by atoms with Gasteiger partial charge in [0.15, 0.2) is 0 Å². The first-order valence-electron chi connectivity index (χ1n) is 11.4. The standard InChI is InChI=1S/C25H26ClN7O4/c1-15-11-29-21(13-28-15)33-22-18-9-16(5-6-20(18)31-14-32-22)36-23-19(26)10-17(12-30-23)35-8-7-27-24(34)37-25(2,3)4/h5-6,9-14H,7-8H2,1-4H3,(H,27,34)(H,29,31,32,33). The van der Waals surface area contributed by atoms with Crippen LogP contribution < -0.4 is 20.1 Å². The number of hydrogen-bond acceptors (Lipinski definition) is 10. The molecule has 4 rings (SSSR count). The maximum atomic E-state index is 11.7. The van der Waals surface area contributed by atoms with E-state index in [0.717, 1.165) is 11.1 Å². The monoisotopic (exact) mass is 523 g/mol. The molecule has 0 aliphatic rings. The number of fused-ring (bicyclic) bond motifs is 1. The van der Waals surface area contributed by atoms with Gasteiger partial charge >= 0.3 is 6.09 Å². The molecule has 0 atom stereocenters. The van der Waals surface area contributed by atoms with Gasteiger partial charge in [-0.05, 0) is 45.9 Å². The zero-order chi connectivity index (χ0) is 26.4. The van der Waals surface area contributed by atoms with Crippen LogP contribution >= 0.6 is 11.6 Å². The van der Waals surface area contributed by atoms with Gasteiger partial charge in [-0.1, -0.05) is 11.6 Å². The first-order valence-corrected chi connectivity index (χ1v) is 11.8. The maximum Gasteiger partial charge on any atom is 0.407 e. The quantitative estimate of drug-likeness (QED) is 0.296. The van der Waals surface area contributed by atoms with E-state index in [0.29, 0.717) is 28.7 Å². The van der Waals surface area contributed by atoms with E-state index in [-0.39, 0.29) is 24.1 Å². The van der Waals surface area contributed by atoms with E-state index in [1.807, 2.05) is 6.92 Å². The Labute approximate surface area is 218 Å². The van der Waals surface area contributed by atoms with Gasteiger partial charge in [0.2, 0.25) is 5.88 Å². The van der Waals surface area contributed by atoms with Crippen molar-refractivity contribution in [1.82, 2.24) is 30.2 Å². The Morgan fingerprint density at radius 2 is 1.84 bits per heavy atom. The third-order valence-electron chi connectivity index (χ3n) is 4.67. The maximum absolute atomic E-state index is 11.7. The van der Waals surface area contributed by atoms with Crippen molar-refractivity contribution in [1.29, 1.82) is 0 Å². The number of carbonyl (C=O) groups is 1. The minimum Gasteiger partial charge on any atom is -0.490 e. The third kappa shape index (κ3) is 7.37. The number of rotatable bonds is 8. The molecule has 1 aromatic carbocycles. The normalized spacial score (nSPS) is 11.2. The van der Waals surface area contributed by atoms with Crippen molar-refractivity contribution in [3.05, 3.63) is 59.9 Å². The fourth-order valence-electron chi connectivity index (χ4n) is 3.09. The number of carbonyl (C=O) groups excluding carboxylic acids is 1. The average Bonchev–Trinajstić information content (AvgIpc) is 2.84. The van der Waals surface area contributed by atoms with Crippen LogP contribution in [0.3, 0.4) is 0 Å². The first-order chi connectivity index (χ1) is 17.7. The lowest BCUT2D eigenvalue weighted by Gasteiger charge is -2.19. The summed E-state index contributed by atoms with van der Waals surface area (Å²) in [5.41, 5.74) is 0.962. The molecule has 3 aromatic heterocycles. The molecule has 4 aromatic rings. The van der Waals surface area contributed by atoms with Crippen molar-refractivity contribution in [2.45, 2.75) is 33.3 Å². The molecule has 0 aliphatic carbocycles. The summed E-state index contributed by atoms with van der Waals surface area (Å²) in [5, 5.41) is 6.75.